The van der Waals surface area contributed by atoms with Gasteiger partial charge in [-0.3, -0.25) is 9.55 Å². The number of sulfonamides is 1. The van der Waals surface area contributed by atoms with Gasteiger partial charge in [0.25, 0.3) is 0 Å². The van der Waals surface area contributed by atoms with Crippen molar-refractivity contribution < 1.29 is 26.0 Å². The van der Waals surface area contributed by atoms with Gasteiger partial charge < -0.3 is 5.73 Å². The predicted octanol–water partition coefficient (Wildman–Crippen LogP) is 4.35. The molecule has 1 aromatic carbocycles. The predicted molar refractivity (Wildman–Crippen MR) is 119 cm³/mol. The summed E-state index contributed by atoms with van der Waals surface area (Å²) in [6, 6.07) is 7.62. The van der Waals surface area contributed by atoms with E-state index in [-0.39, 0.29) is 5.69 Å². The first-order valence-electron chi connectivity index (χ1n) is 9.96. The van der Waals surface area contributed by atoms with E-state index in [9.17, 15) is 26.0 Å². The number of pyridine rings is 2. The Labute approximate surface area is 192 Å². The van der Waals surface area contributed by atoms with E-state index in [2.05, 4.69) is 9.97 Å². The van der Waals surface area contributed by atoms with E-state index < -0.39 is 33.0 Å². The molecular weight excluding hydrogens is 474 g/mol. The van der Waals surface area contributed by atoms with Crippen molar-refractivity contribution >= 4 is 26.7 Å². The molecule has 4 aromatic rings. The van der Waals surface area contributed by atoms with E-state index in [1.807, 2.05) is 13.0 Å². The van der Waals surface area contributed by atoms with Crippen molar-refractivity contribution in [3.05, 3.63) is 66.2 Å². The van der Waals surface area contributed by atoms with Crippen LogP contribution in [0.15, 0.2) is 59.8 Å². The topological polar surface area (TPSA) is 103 Å². The van der Waals surface area contributed by atoms with E-state index in [0.29, 0.717) is 35.0 Å². The van der Waals surface area contributed by atoms with Crippen LogP contribution < -0.4 is 10.5 Å². The minimum absolute atomic E-state index is 0.250. The summed E-state index contributed by atoms with van der Waals surface area (Å²) in [7, 11) is -4.47. The Morgan fingerprint density at radius 1 is 1.06 bits per heavy atom. The minimum atomic E-state index is -4.74. The van der Waals surface area contributed by atoms with Gasteiger partial charge in [-0.2, -0.15) is 17.9 Å². The van der Waals surface area contributed by atoms with Crippen molar-refractivity contribution in [3.8, 4) is 17.1 Å². The molecule has 178 valence electrons. The first-order chi connectivity index (χ1) is 15.9. The smallest absolute Gasteiger partial charge is 0.396 e. The molecule has 0 aliphatic rings. The van der Waals surface area contributed by atoms with Crippen molar-refractivity contribution in [3.63, 3.8) is 0 Å². The number of nitrogens with two attached hydrogens (primary N) is 1. The second kappa shape index (κ2) is 8.37. The number of halogens is 4. The second-order valence-electron chi connectivity index (χ2n) is 7.72. The first kappa shape index (κ1) is 23.6. The lowest BCUT2D eigenvalue weighted by Gasteiger charge is -2.17. The monoisotopic (exact) mass is 493 g/mol. The van der Waals surface area contributed by atoms with Crippen LogP contribution in [0.25, 0.3) is 28.1 Å². The number of benzene rings is 1. The number of fused-ring (bicyclic) bond motifs is 1. The standard InChI is InChI=1S/C22H19F4N5O2S/c1-12-9-17-19(27)20(31(21(17)29-10-12)15-5-3-14(23)4-6-15)18-8-7-16(11-28-18)34(32,33)30-13(2)22(24,25)26/h3-11,13,30H,27H2,1-2H3/t13-/m0/s1. The van der Waals surface area contributed by atoms with Crippen LogP contribution in [0.5, 0.6) is 0 Å². The third-order valence-corrected chi connectivity index (χ3v) is 6.71. The maximum atomic E-state index is 13.5. The fraction of sp³-hybridized carbons (Fsp3) is 0.182. The average Bonchev–Trinajstić information content (AvgIpc) is 3.05. The Morgan fingerprint density at radius 3 is 2.32 bits per heavy atom. The number of anilines is 1. The average molecular weight is 493 g/mol. The van der Waals surface area contributed by atoms with Gasteiger partial charge in [0.1, 0.15) is 22.4 Å². The molecule has 0 aliphatic heterocycles. The van der Waals surface area contributed by atoms with Gasteiger partial charge >= 0.3 is 6.18 Å². The molecule has 34 heavy (non-hydrogen) atoms. The van der Waals surface area contributed by atoms with Gasteiger partial charge in [0.05, 0.1) is 17.1 Å². The Balaban J connectivity index is 1.84. The third-order valence-electron chi connectivity index (χ3n) is 5.18. The number of aromatic nitrogens is 3. The normalized spacial score (nSPS) is 13.4. The van der Waals surface area contributed by atoms with E-state index >= 15 is 0 Å². The molecule has 0 saturated carbocycles. The highest BCUT2D eigenvalue weighted by Gasteiger charge is 2.39. The molecule has 4 rings (SSSR count). The van der Waals surface area contributed by atoms with Crippen LogP contribution in [-0.4, -0.2) is 35.2 Å². The number of alkyl halides is 3. The molecular formula is C22H19F4N5O2S. The Bertz CT molecular complexity index is 1460. The van der Waals surface area contributed by atoms with Crippen molar-refractivity contribution in [2.24, 2.45) is 0 Å². The summed E-state index contributed by atoms with van der Waals surface area (Å²) in [4.78, 5) is 8.17. The number of hydrogen-bond donors (Lipinski definition) is 2. The number of nitrogens with zero attached hydrogens (tertiary/aromatic N) is 3. The van der Waals surface area contributed by atoms with E-state index in [0.717, 1.165) is 17.8 Å². The highest BCUT2D eigenvalue weighted by molar-refractivity contribution is 7.89. The fourth-order valence-electron chi connectivity index (χ4n) is 3.43. The van der Waals surface area contributed by atoms with Crippen molar-refractivity contribution in [2.75, 3.05) is 5.73 Å². The number of hydrogen-bond acceptors (Lipinski definition) is 5. The van der Waals surface area contributed by atoms with Gasteiger partial charge in [-0.15, -0.1) is 0 Å². The molecule has 0 saturated heterocycles. The highest BCUT2D eigenvalue weighted by Crippen LogP contribution is 2.37. The van der Waals surface area contributed by atoms with E-state index in [1.54, 1.807) is 15.5 Å². The highest BCUT2D eigenvalue weighted by atomic mass is 32.2. The molecule has 0 amide bonds. The molecule has 0 spiro atoms. The molecule has 7 nitrogen and oxygen atoms in total. The number of nitrogens with one attached hydrogen (secondary N) is 1. The molecule has 1 atom stereocenters. The van der Waals surface area contributed by atoms with Crippen LogP contribution in [0.4, 0.5) is 23.2 Å². The number of aryl methyl sites for hydroxylation is 1. The van der Waals surface area contributed by atoms with E-state index in [4.69, 9.17) is 5.73 Å². The number of nitrogen functional groups attached to an aromatic ring is 1. The largest absolute Gasteiger partial charge is 0.404 e. The van der Waals surface area contributed by atoms with Crippen LogP contribution in [0.3, 0.4) is 0 Å². The Morgan fingerprint density at radius 2 is 1.74 bits per heavy atom. The maximum absolute atomic E-state index is 13.5. The molecule has 0 aliphatic carbocycles. The van der Waals surface area contributed by atoms with Crippen molar-refractivity contribution in [1.29, 1.82) is 0 Å². The van der Waals surface area contributed by atoms with Crippen LogP contribution in [0, 0.1) is 12.7 Å². The quantitative estimate of drug-likeness (QED) is 0.403. The minimum Gasteiger partial charge on any atom is -0.396 e. The lowest BCUT2D eigenvalue weighted by Crippen LogP contribution is -2.42. The fourth-order valence-corrected chi connectivity index (χ4v) is 4.61. The zero-order valence-electron chi connectivity index (χ0n) is 17.9. The van der Waals surface area contributed by atoms with Crippen LogP contribution in [0.2, 0.25) is 0 Å². The van der Waals surface area contributed by atoms with Crippen LogP contribution in [-0.2, 0) is 10.0 Å². The lowest BCUT2D eigenvalue weighted by atomic mass is 10.2. The molecule has 0 radical (unpaired) electrons. The Kier molecular flexibility index (Phi) is 5.82. The van der Waals surface area contributed by atoms with Gasteiger partial charge in [-0.1, -0.05) is 0 Å². The summed E-state index contributed by atoms with van der Waals surface area (Å²) < 4.78 is 79.9. The first-order valence-corrected chi connectivity index (χ1v) is 11.4. The van der Waals surface area contributed by atoms with Gasteiger partial charge in [0, 0.05) is 23.5 Å². The second-order valence-corrected chi connectivity index (χ2v) is 9.44. The molecule has 0 fully saturated rings. The third kappa shape index (κ3) is 4.33. The zero-order valence-corrected chi connectivity index (χ0v) is 18.7. The van der Waals surface area contributed by atoms with Gasteiger partial charge in [0.2, 0.25) is 10.0 Å². The van der Waals surface area contributed by atoms with Gasteiger partial charge in [-0.05, 0) is 61.9 Å². The van der Waals surface area contributed by atoms with Crippen LogP contribution in [0.1, 0.15) is 12.5 Å². The number of rotatable bonds is 5. The summed E-state index contributed by atoms with van der Waals surface area (Å²) in [5.41, 5.74) is 9.21. The zero-order chi connectivity index (χ0) is 24.8. The molecule has 3 N–H and O–H groups in total. The van der Waals surface area contributed by atoms with Gasteiger partial charge in [-0.25, -0.2) is 17.8 Å². The van der Waals surface area contributed by atoms with E-state index in [1.165, 1.54) is 30.3 Å². The molecule has 3 aromatic heterocycles. The molecule has 3 heterocycles. The Hall–Kier alpha value is -3.51. The summed E-state index contributed by atoms with van der Waals surface area (Å²) in [5, 5.41) is 0.610. The lowest BCUT2D eigenvalue weighted by molar-refractivity contribution is -0.147. The summed E-state index contributed by atoms with van der Waals surface area (Å²) in [6.45, 7) is 2.55. The summed E-state index contributed by atoms with van der Waals surface area (Å²) in [6.07, 6.45) is -2.15. The maximum Gasteiger partial charge on any atom is 0.404 e. The molecule has 0 unspecified atom stereocenters. The van der Waals surface area contributed by atoms with Gasteiger partial charge in [0.15, 0.2) is 0 Å². The summed E-state index contributed by atoms with van der Waals surface area (Å²) in [5.74, 6) is -0.438. The summed E-state index contributed by atoms with van der Waals surface area (Å²) >= 11 is 0. The van der Waals surface area contributed by atoms with Crippen molar-refractivity contribution in [2.45, 2.75) is 31.0 Å². The SMILES string of the molecule is Cc1cnc2c(c1)c(N)c(-c1ccc(S(=O)(=O)N[C@@H](C)C(F)(F)F)cn1)n2-c1ccc(F)cc1. The van der Waals surface area contributed by atoms with Crippen LogP contribution >= 0.6 is 0 Å². The molecule has 12 heteroatoms. The van der Waals surface area contributed by atoms with Crippen molar-refractivity contribution in [1.82, 2.24) is 19.3 Å². The molecule has 0 bridgehead atoms.